The maximum Gasteiger partial charge on any atom is 0.247 e. The molecule has 1 heterocycles. The second-order valence-corrected chi connectivity index (χ2v) is 1.29. The van der Waals surface area contributed by atoms with Crippen molar-refractivity contribution in [2.24, 2.45) is 0 Å². The molecule has 3 heteroatoms. The first-order chi connectivity index (χ1) is 3.80. The molecule has 42 valence electrons. The molecule has 0 amide bonds. The lowest BCUT2D eigenvalue weighted by atomic mass is 10.5. The van der Waals surface area contributed by atoms with Gasteiger partial charge in [-0.3, -0.25) is 5.41 Å². The first-order valence-electron chi connectivity index (χ1n) is 2.08. The fraction of sp³-hybridized carbons (Fsp3) is 0. The predicted octanol–water partition coefficient (Wildman–Crippen LogP) is 0.898. The van der Waals surface area contributed by atoms with E-state index in [4.69, 9.17) is 5.41 Å². The zero-order chi connectivity index (χ0) is 5.98. The summed E-state index contributed by atoms with van der Waals surface area (Å²) in [6.45, 7) is 0. The molecule has 8 heavy (non-hydrogen) atoms. The van der Waals surface area contributed by atoms with E-state index in [0.29, 0.717) is 0 Å². The molecule has 0 aliphatic heterocycles. The fourth-order valence-electron chi connectivity index (χ4n) is 0.363. The molecule has 0 bridgehead atoms. The summed E-state index contributed by atoms with van der Waals surface area (Å²) in [5.41, 5.74) is -0.424. The van der Waals surface area contributed by atoms with Gasteiger partial charge in [-0.05, 0) is 12.1 Å². The monoisotopic (exact) mass is 113 g/mol. The Labute approximate surface area is 45.1 Å². The SMILES string of the molecule is N=c1occcc1F. The largest absolute Gasteiger partial charge is 0.445 e. The summed E-state index contributed by atoms with van der Waals surface area (Å²) in [5, 5.41) is 6.68. The van der Waals surface area contributed by atoms with E-state index in [-0.39, 0.29) is 0 Å². The zero-order valence-electron chi connectivity index (χ0n) is 4.02. The van der Waals surface area contributed by atoms with Gasteiger partial charge in [-0.1, -0.05) is 0 Å². The zero-order valence-corrected chi connectivity index (χ0v) is 4.02. The van der Waals surface area contributed by atoms with Gasteiger partial charge in [0.2, 0.25) is 5.55 Å². The first-order valence-corrected chi connectivity index (χ1v) is 2.08. The molecule has 0 aromatic carbocycles. The molecule has 1 aromatic heterocycles. The van der Waals surface area contributed by atoms with Gasteiger partial charge in [0.1, 0.15) is 0 Å². The van der Waals surface area contributed by atoms with Crippen LogP contribution in [0.5, 0.6) is 0 Å². The van der Waals surface area contributed by atoms with Crippen LogP contribution in [0.4, 0.5) is 4.39 Å². The maximum absolute atomic E-state index is 12.0. The highest BCUT2D eigenvalue weighted by Gasteiger charge is 1.87. The van der Waals surface area contributed by atoms with Crippen LogP contribution in [0.25, 0.3) is 0 Å². The summed E-state index contributed by atoms with van der Waals surface area (Å²) < 4.78 is 16.4. The van der Waals surface area contributed by atoms with Crippen LogP contribution >= 0.6 is 0 Å². The Balaban J connectivity index is 3.35. The number of halogens is 1. The summed E-state index contributed by atoms with van der Waals surface area (Å²) in [6, 6.07) is 2.57. The Morgan fingerprint density at radius 2 is 2.38 bits per heavy atom. The van der Waals surface area contributed by atoms with Gasteiger partial charge in [-0.25, -0.2) is 4.39 Å². The van der Waals surface area contributed by atoms with Crippen molar-refractivity contribution in [1.29, 1.82) is 5.41 Å². The van der Waals surface area contributed by atoms with Gasteiger partial charge in [0.05, 0.1) is 6.26 Å². The molecule has 0 unspecified atom stereocenters. The van der Waals surface area contributed by atoms with Crippen LogP contribution in [0, 0.1) is 11.2 Å². The van der Waals surface area contributed by atoms with E-state index in [1.807, 2.05) is 0 Å². The standard InChI is InChI=1S/C5H4FNO/c6-4-2-1-3-8-5(4)7/h1-3,7H. The van der Waals surface area contributed by atoms with Crippen molar-refractivity contribution in [3.63, 3.8) is 0 Å². The third kappa shape index (κ3) is 0.753. The van der Waals surface area contributed by atoms with Crippen molar-refractivity contribution < 1.29 is 8.81 Å². The van der Waals surface area contributed by atoms with Crippen molar-refractivity contribution in [3.8, 4) is 0 Å². The summed E-state index contributed by atoms with van der Waals surface area (Å²) in [4.78, 5) is 0. The lowest BCUT2D eigenvalue weighted by Gasteiger charge is -1.81. The molecule has 1 rings (SSSR count). The van der Waals surface area contributed by atoms with Crippen molar-refractivity contribution in [3.05, 3.63) is 29.8 Å². The number of nitrogens with one attached hydrogen (secondary N) is 1. The third-order valence-corrected chi connectivity index (χ3v) is 0.724. The van der Waals surface area contributed by atoms with Crippen molar-refractivity contribution in [1.82, 2.24) is 0 Å². The number of hydrogen-bond donors (Lipinski definition) is 1. The Bertz CT molecular complexity index is 230. The average Bonchev–Trinajstić information content (AvgIpc) is 1.77. The van der Waals surface area contributed by atoms with Gasteiger partial charge in [-0.2, -0.15) is 0 Å². The Kier molecular flexibility index (Phi) is 1.12. The molecule has 0 radical (unpaired) electrons. The van der Waals surface area contributed by atoms with E-state index in [2.05, 4.69) is 4.42 Å². The molecule has 0 saturated heterocycles. The molecule has 0 atom stereocenters. The van der Waals surface area contributed by atoms with Gasteiger partial charge in [0.25, 0.3) is 0 Å². The molecular formula is C5H4FNO. The molecular weight excluding hydrogens is 109 g/mol. The van der Waals surface area contributed by atoms with Gasteiger partial charge in [-0.15, -0.1) is 0 Å². The van der Waals surface area contributed by atoms with Crippen LogP contribution in [0.15, 0.2) is 22.8 Å². The van der Waals surface area contributed by atoms with Crippen LogP contribution in [0.2, 0.25) is 0 Å². The van der Waals surface area contributed by atoms with E-state index in [0.717, 1.165) is 0 Å². The lowest BCUT2D eigenvalue weighted by Crippen LogP contribution is -2.01. The summed E-state index contributed by atoms with van der Waals surface area (Å²) >= 11 is 0. The summed E-state index contributed by atoms with van der Waals surface area (Å²) in [6.07, 6.45) is 1.26. The van der Waals surface area contributed by atoms with E-state index >= 15 is 0 Å². The number of hydrogen-bond acceptors (Lipinski definition) is 2. The lowest BCUT2D eigenvalue weighted by molar-refractivity contribution is 0.430. The van der Waals surface area contributed by atoms with E-state index in [1.165, 1.54) is 18.4 Å². The van der Waals surface area contributed by atoms with Crippen LogP contribution in [-0.2, 0) is 0 Å². The van der Waals surface area contributed by atoms with E-state index < -0.39 is 11.4 Å². The molecule has 0 fully saturated rings. The van der Waals surface area contributed by atoms with Crippen LogP contribution in [0.3, 0.4) is 0 Å². The van der Waals surface area contributed by atoms with E-state index in [1.54, 1.807) is 0 Å². The van der Waals surface area contributed by atoms with Gasteiger partial charge < -0.3 is 4.42 Å². The molecule has 0 aliphatic rings. The second kappa shape index (κ2) is 1.78. The van der Waals surface area contributed by atoms with Gasteiger partial charge in [0, 0.05) is 0 Å². The van der Waals surface area contributed by atoms with Crippen LogP contribution < -0.4 is 5.55 Å². The highest BCUT2D eigenvalue weighted by atomic mass is 19.1. The fourth-order valence-corrected chi connectivity index (χ4v) is 0.363. The normalized spacial score (nSPS) is 9.12. The molecule has 1 N–H and O–H groups in total. The highest BCUT2D eigenvalue weighted by molar-refractivity contribution is 4.88. The topological polar surface area (TPSA) is 37.0 Å². The molecule has 2 nitrogen and oxygen atoms in total. The first kappa shape index (κ1) is 5.03. The Morgan fingerprint density at radius 3 is 2.75 bits per heavy atom. The Morgan fingerprint density at radius 1 is 1.62 bits per heavy atom. The van der Waals surface area contributed by atoms with Crippen molar-refractivity contribution in [2.75, 3.05) is 0 Å². The van der Waals surface area contributed by atoms with Gasteiger partial charge >= 0.3 is 0 Å². The maximum atomic E-state index is 12.0. The minimum Gasteiger partial charge on any atom is -0.445 e. The Hall–Kier alpha value is -1.12. The van der Waals surface area contributed by atoms with Gasteiger partial charge in [0.15, 0.2) is 5.82 Å². The molecule has 0 aliphatic carbocycles. The average molecular weight is 113 g/mol. The molecule has 1 aromatic rings. The predicted molar refractivity (Wildman–Crippen MR) is 24.5 cm³/mol. The minimum absolute atomic E-state index is 0.424. The van der Waals surface area contributed by atoms with Crippen molar-refractivity contribution >= 4 is 0 Å². The highest BCUT2D eigenvalue weighted by Crippen LogP contribution is 1.84. The van der Waals surface area contributed by atoms with Crippen molar-refractivity contribution in [2.45, 2.75) is 0 Å². The van der Waals surface area contributed by atoms with E-state index in [9.17, 15) is 4.39 Å². The number of rotatable bonds is 0. The summed E-state index contributed by atoms with van der Waals surface area (Å²) in [7, 11) is 0. The minimum atomic E-state index is -0.632. The quantitative estimate of drug-likeness (QED) is 0.533. The second-order valence-electron chi connectivity index (χ2n) is 1.29. The smallest absolute Gasteiger partial charge is 0.247 e. The molecule has 0 saturated carbocycles. The summed E-state index contributed by atoms with van der Waals surface area (Å²) in [5.74, 6) is -0.632. The third-order valence-electron chi connectivity index (χ3n) is 0.724. The van der Waals surface area contributed by atoms with Crippen LogP contribution in [-0.4, -0.2) is 0 Å². The van der Waals surface area contributed by atoms with Crippen LogP contribution in [0.1, 0.15) is 0 Å². The molecule has 0 spiro atoms.